The molecule has 5 nitrogen and oxygen atoms in total. The summed E-state index contributed by atoms with van der Waals surface area (Å²) in [5.74, 6) is 0. The third-order valence-electron chi connectivity index (χ3n) is 2.42. The quantitative estimate of drug-likeness (QED) is 0.499. The van der Waals surface area contributed by atoms with E-state index >= 15 is 0 Å². The van der Waals surface area contributed by atoms with Gasteiger partial charge in [0, 0.05) is 22.4 Å². The molecular weight excluding hydrogens is 323 g/mol. The van der Waals surface area contributed by atoms with Crippen LogP contribution in [0.2, 0.25) is 10.0 Å². The van der Waals surface area contributed by atoms with E-state index in [-0.39, 0.29) is 12.1 Å². The number of rotatable bonds is 5. The van der Waals surface area contributed by atoms with Crippen LogP contribution < -0.4 is 5.32 Å². The van der Waals surface area contributed by atoms with E-state index in [1.165, 1.54) is 12.1 Å². The zero-order valence-electron chi connectivity index (χ0n) is 9.93. The van der Waals surface area contributed by atoms with E-state index in [9.17, 15) is 14.9 Å². The summed E-state index contributed by atoms with van der Waals surface area (Å²) >= 11 is 12.9. The number of carbonyl (C=O) groups excluding carboxylic acids is 1. The SMILES string of the molecule is O=CCc1cc([N+](=O)[O-])c(Nc2ccc(Cl)cc2Cl)s1. The van der Waals surface area contributed by atoms with Gasteiger partial charge in [0.1, 0.15) is 6.29 Å². The van der Waals surface area contributed by atoms with E-state index < -0.39 is 4.92 Å². The fourth-order valence-corrected chi connectivity index (χ4v) is 2.99. The molecule has 8 heteroatoms. The molecule has 0 aliphatic carbocycles. The Morgan fingerprint density at radius 1 is 1.35 bits per heavy atom. The molecule has 1 N–H and O–H groups in total. The third-order valence-corrected chi connectivity index (χ3v) is 4.03. The van der Waals surface area contributed by atoms with Gasteiger partial charge in [0.25, 0.3) is 0 Å². The average molecular weight is 331 g/mol. The Hall–Kier alpha value is -1.63. The van der Waals surface area contributed by atoms with Gasteiger partial charge in [0.2, 0.25) is 0 Å². The van der Waals surface area contributed by atoms with Crippen LogP contribution in [0.25, 0.3) is 0 Å². The van der Waals surface area contributed by atoms with Crippen molar-refractivity contribution in [1.29, 1.82) is 0 Å². The van der Waals surface area contributed by atoms with E-state index in [4.69, 9.17) is 23.2 Å². The summed E-state index contributed by atoms with van der Waals surface area (Å²) in [4.78, 5) is 21.6. The first kappa shape index (κ1) is 14.8. The van der Waals surface area contributed by atoms with Gasteiger partial charge in [-0.3, -0.25) is 10.1 Å². The van der Waals surface area contributed by atoms with Gasteiger partial charge in [-0.2, -0.15) is 0 Å². The highest BCUT2D eigenvalue weighted by molar-refractivity contribution is 7.16. The Morgan fingerprint density at radius 2 is 2.10 bits per heavy atom. The van der Waals surface area contributed by atoms with Crippen LogP contribution in [0.5, 0.6) is 0 Å². The summed E-state index contributed by atoms with van der Waals surface area (Å²) in [5, 5.41) is 15.1. The van der Waals surface area contributed by atoms with Gasteiger partial charge < -0.3 is 10.1 Å². The van der Waals surface area contributed by atoms with Gasteiger partial charge in [0.05, 0.1) is 15.6 Å². The van der Waals surface area contributed by atoms with Crippen LogP contribution in [-0.2, 0) is 11.2 Å². The monoisotopic (exact) mass is 330 g/mol. The molecule has 0 saturated heterocycles. The molecule has 104 valence electrons. The van der Waals surface area contributed by atoms with Crippen molar-refractivity contribution in [3.63, 3.8) is 0 Å². The minimum atomic E-state index is -0.503. The van der Waals surface area contributed by atoms with Gasteiger partial charge in [-0.05, 0) is 18.2 Å². The fraction of sp³-hybridized carbons (Fsp3) is 0.0833. The first-order chi connectivity index (χ1) is 9.51. The molecule has 1 aromatic carbocycles. The van der Waals surface area contributed by atoms with Gasteiger partial charge >= 0.3 is 5.69 Å². The Morgan fingerprint density at radius 3 is 2.70 bits per heavy atom. The number of hydrogen-bond donors (Lipinski definition) is 1. The number of anilines is 2. The van der Waals surface area contributed by atoms with Crippen molar-refractivity contribution >= 4 is 57.2 Å². The van der Waals surface area contributed by atoms with Crippen molar-refractivity contribution in [3.05, 3.63) is 49.3 Å². The molecule has 2 aromatic rings. The maximum Gasteiger partial charge on any atom is 0.304 e. The molecular formula is C12H8Cl2N2O3S. The molecule has 0 atom stereocenters. The maximum atomic E-state index is 11.0. The summed E-state index contributed by atoms with van der Waals surface area (Å²) in [6.07, 6.45) is 0.843. The predicted molar refractivity (Wildman–Crippen MR) is 80.5 cm³/mol. The lowest BCUT2D eigenvalue weighted by molar-refractivity contribution is -0.383. The third kappa shape index (κ3) is 3.27. The Balaban J connectivity index is 2.36. The van der Waals surface area contributed by atoms with Crippen molar-refractivity contribution in [2.45, 2.75) is 6.42 Å². The molecule has 1 heterocycles. The van der Waals surface area contributed by atoms with Gasteiger partial charge in [-0.25, -0.2) is 0 Å². The fourth-order valence-electron chi connectivity index (χ4n) is 1.55. The standard InChI is InChI=1S/C12H8Cl2N2O3S/c13-7-1-2-10(9(14)5-7)15-12-11(16(18)19)6-8(20-12)3-4-17/h1-2,4-6,15H,3H2. The number of nitrogens with zero attached hydrogens (tertiary/aromatic N) is 1. The Kier molecular flexibility index (Phi) is 4.59. The molecule has 0 fully saturated rings. The Bertz CT molecular complexity index is 673. The van der Waals surface area contributed by atoms with Crippen molar-refractivity contribution in [2.75, 3.05) is 5.32 Å². The van der Waals surface area contributed by atoms with E-state index in [0.29, 0.717) is 31.9 Å². The highest BCUT2D eigenvalue weighted by atomic mass is 35.5. The Labute approximate surface area is 128 Å². The van der Waals surface area contributed by atoms with Crippen LogP contribution in [0.3, 0.4) is 0 Å². The highest BCUT2D eigenvalue weighted by Crippen LogP contribution is 2.38. The lowest BCUT2D eigenvalue weighted by Crippen LogP contribution is -1.93. The summed E-state index contributed by atoms with van der Waals surface area (Å²) in [6, 6.07) is 6.18. The molecule has 0 spiro atoms. The molecule has 20 heavy (non-hydrogen) atoms. The molecule has 0 unspecified atom stereocenters. The molecule has 0 radical (unpaired) electrons. The van der Waals surface area contributed by atoms with Crippen LogP contribution in [0.4, 0.5) is 16.4 Å². The van der Waals surface area contributed by atoms with Crippen LogP contribution in [0, 0.1) is 10.1 Å². The molecule has 0 aliphatic heterocycles. The molecule has 1 aromatic heterocycles. The number of aldehydes is 1. The maximum absolute atomic E-state index is 11.0. The van der Waals surface area contributed by atoms with E-state index in [0.717, 1.165) is 11.3 Å². The summed E-state index contributed by atoms with van der Waals surface area (Å²) < 4.78 is 0. The molecule has 0 saturated carbocycles. The second-order valence-corrected chi connectivity index (χ2v) is 5.78. The van der Waals surface area contributed by atoms with Gasteiger partial charge in [-0.15, -0.1) is 11.3 Å². The molecule has 0 amide bonds. The topological polar surface area (TPSA) is 72.2 Å². The number of hydrogen-bond acceptors (Lipinski definition) is 5. The predicted octanol–water partition coefficient (Wildman–Crippen LogP) is 4.45. The van der Waals surface area contributed by atoms with Crippen LogP contribution in [0.1, 0.15) is 4.88 Å². The second kappa shape index (κ2) is 6.21. The van der Waals surface area contributed by atoms with E-state index in [1.54, 1.807) is 12.1 Å². The minimum absolute atomic E-state index is 0.0853. The van der Waals surface area contributed by atoms with Crippen molar-refractivity contribution in [2.24, 2.45) is 0 Å². The molecule has 0 aliphatic rings. The van der Waals surface area contributed by atoms with Crippen LogP contribution in [-0.4, -0.2) is 11.2 Å². The van der Waals surface area contributed by atoms with Gasteiger partial charge in [-0.1, -0.05) is 23.2 Å². The summed E-state index contributed by atoms with van der Waals surface area (Å²) in [7, 11) is 0. The average Bonchev–Trinajstić information content (AvgIpc) is 2.76. The number of carbonyl (C=O) groups is 1. The van der Waals surface area contributed by atoms with Gasteiger partial charge in [0.15, 0.2) is 5.00 Å². The zero-order valence-corrected chi connectivity index (χ0v) is 12.3. The highest BCUT2D eigenvalue weighted by Gasteiger charge is 2.19. The van der Waals surface area contributed by atoms with E-state index in [1.807, 2.05) is 0 Å². The van der Waals surface area contributed by atoms with Crippen LogP contribution in [0.15, 0.2) is 24.3 Å². The smallest absolute Gasteiger partial charge is 0.304 e. The number of halogens is 2. The zero-order chi connectivity index (χ0) is 14.7. The number of nitrogens with one attached hydrogen (secondary N) is 1. The first-order valence-corrected chi connectivity index (χ1v) is 7.01. The normalized spacial score (nSPS) is 10.3. The number of nitro groups is 1. The molecule has 0 bridgehead atoms. The summed E-state index contributed by atoms with van der Waals surface area (Å²) in [5.41, 5.74) is 0.427. The minimum Gasteiger partial charge on any atom is -0.340 e. The van der Waals surface area contributed by atoms with E-state index in [2.05, 4.69) is 5.32 Å². The number of thiophene rings is 1. The van der Waals surface area contributed by atoms with Crippen LogP contribution >= 0.6 is 34.5 Å². The largest absolute Gasteiger partial charge is 0.340 e. The number of benzene rings is 1. The second-order valence-electron chi connectivity index (χ2n) is 3.80. The first-order valence-electron chi connectivity index (χ1n) is 5.44. The van der Waals surface area contributed by atoms with Crippen molar-refractivity contribution in [3.8, 4) is 0 Å². The lowest BCUT2D eigenvalue weighted by atomic mass is 10.3. The van der Waals surface area contributed by atoms with Crippen molar-refractivity contribution < 1.29 is 9.72 Å². The lowest BCUT2D eigenvalue weighted by Gasteiger charge is -2.06. The summed E-state index contributed by atoms with van der Waals surface area (Å²) in [6.45, 7) is 0. The van der Waals surface area contributed by atoms with Crippen molar-refractivity contribution in [1.82, 2.24) is 0 Å². The molecule has 2 rings (SSSR count).